The summed E-state index contributed by atoms with van der Waals surface area (Å²) in [4.78, 5) is 4.34. The van der Waals surface area contributed by atoms with Crippen LogP contribution in [0.4, 0.5) is 0 Å². The number of hydrogen-bond acceptors (Lipinski definition) is 4. The Labute approximate surface area is 76.6 Å². The Morgan fingerprint density at radius 1 is 1.75 bits per heavy atom. The van der Waals surface area contributed by atoms with E-state index in [0.29, 0.717) is 6.61 Å². The van der Waals surface area contributed by atoms with Crippen molar-refractivity contribution in [3.63, 3.8) is 0 Å². The number of hydrogen-bond donors (Lipinski definition) is 1. The molecule has 0 aliphatic rings. The molecule has 0 bridgehead atoms. The summed E-state index contributed by atoms with van der Waals surface area (Å²) in [5, 5.41) is 3.00. The van der Waals surface area contributed by atoms with Gasteiger partial charge >= 0.3 is 0 Å². The highest BCUT2D eigenvalue weighted by atomic mass is 32.1. The number of nitrogens with zero attached hydrogens (tertiary/aromatic N) is 1. The van der Waals surface area contributed by atoms with Crippen molar-refractivity contribution in [2.45, 2.75) is 26.0 Å². The third kappa shape index (κ3) is 2.27. The molecule has 3 nitrogen and oxygen atoms in total. The molecule has 0 spiro atoms. The van der Waals surface area contributed by atoms with Crippen LogP contribution in [-0.2, 0) is 11.3 Å². The van der Waals surface area contributed by atoms with Crippen molar-refractivity contribution in [3.8, 4) is 0 Å². The van der Waals surface area contributed by atoms with Crippen molar-refractivity contribution in [1.82, 2.24) is 4.98 Å². The normalized spacial score (nSPS) is 13.2. The molecule has 0 saturated heterocycles. The topological polar surface area (TPSA) is 48.1 Å². The highest BCUT2D eigenvalue weighted by molar-refractivity contribution is 7.09. The van der Waals surface area contributed by atoms with E-state index in [1.807, 2.05) is 5.38 Å². The van der Waals surface area contributed by atoms with Gasteiger partial charge in [0, 0.05) is 12.5 Å². The van der Waals surface area contributed by atoms with Crippen LogP contribution in [-0.4, -0.2) is 12.1 Å². The Kier molecular flexibility index (Phi) is 3.65. The van der Waals surface area contributed by atoms with Crippen LogP contribution in [0, 0.1) is 0 Å². The van der Waals surface area contributed by atoms with Gasteiger partial charge in [-0.2, -0.15) is 0 Å². The lowest BCUT2D eigenvalue weighted by molar-refractivity contribution is 0.182. The molecule has 68 valence electrons. The van der Waals surface area contributed by atoms with E-state index in [4.69, 9.17) is 10.5 Å². The number of rotatable bonds is 4. The predicted octanol–water partition coefficient (Wildman–Crippen LogP) is 1.70. The van der Waals surface area contributed by atoms with Crippen molar-refractivity contribution in [1.29, 1.82) is 0 Å². The van der Waals surface area contributed by atoms with Crippen LogP contribution >= 0.6 is 11.3 Å². The molecule has 0 saturated carbocycles. The summed E-state index contributed by atoms with van der Waals surface area (Å²) in [5.41, 5.74) is 6.78. The minimum atomic E-state index is 0.0839. The predicted molar refractivity (Wildman–Crippen MR) is 50.0 cm³/mol. The zero-order valence-corrected chi connectivity index (χ0v) is 8.23. The second-order valence-electron chi connectivity index (χ2n) is 2.62. The fourth-order valence-corrected chi connectivity index (χ4v) is 1.77. The molecule has 0 radical (unpaired) electrons. The second kappa shape index (κ2) is 4.54. The zero-order chi connectivity index (χ0) is 8.97. The van der Waals surface area contributed by atoms with E-state index in [9.17, 15) is 0 Å². The third-order valence-electron chi connectivity index (χ3n) is 1.62. The summed E-state index contributed by atoms with van der Waals surface area (Å²) in [5.74, 6) is 0. The van der Waals surface area contributed by atoms with Gasteiger partial charge in [0.2, 0.25) is 0 Å². The average molecular weight is 186 g/mol. The molecule has 1 rings (SSSR count). The van der Waals surface area contributed by atoms with Crippen LogP contribution in [0.2, 0.25) is 0 Å². The molecule has 0 aliphatic carbocycles. The van der Waals surface area contributed by atoms with Gasteiger partial charge in [0.05, 0.1) is 18.3 Å². The first kappa shape index (κ1) is 9.64. The summed E-state index contributed by atoms with van der Waals surface area (Å²) < 4.78 is 4.96. The van der Waals surface area contributed by atoms with Gasteiger partial charge in [-0.1, -0.05) is 6.92 Å². The fraction of sp³-hybridized carbons (Fsp3) is 0.625. The van der Waals surface area contributed by atoms with Crippen molar-refractivity contribution < 1.29 is 4.74 Å². The lowest BCUT2D eigenvalue weighted by atomic mass is 10.2. The number of nitrogens with two attached hydrogens (primary N) is 1. The van der Waals surface area contributed by atoms with Gasteiger partial charge < -0.3 is 10.5 Å². The zero-order valence-electron chi connectivity index (χ0n) is 7.41. The first-order valence-corrected chi connectivity index (χ1v) is 4.84. The molecule has 1 unspecified atom stereocenters. The fourth-order valence-electron chi connectivity index (χ4n) is 0.882. The van der Waals surface area contributed by atoms with Crippen LogP contribution in [0.3, 0.4) is 0 Å². The van der Waals surface area contributed by atoms with Crippen molar-refractivity contribution >= 4 is 11.3 Å². The van der Waals surface area contributed by atoms with E-state index in [0.717, 1.165) is 17.1 Å². The average Bonchev–Trinajstić information content (AvgIpc) is 2.52. The summed E-state index contributed by atoms with van der Waals surface area (Å²) in [6.07, 6.45) is 0.930. The van der Waals surface area contributed by atoms with Crippen LogP contribution in [0.25, 0.3) is 0 Å². The van der Waals surface area contributed by atoms with Gasteiger partial charge in [-0.15, -0.1) is 11.3 Å². The maximum atomic E-state index is 5.81. The van der Waals surface area contributed by atoms with Gasteiger partial charge in [0.1, 0.15) is 5.01 Å². The Hall–Kier alpha value is -0.450. The Bertz CT molecular complexity index is 237. The Morgan fingerprint density at radius 2 is 2.50 bits per heavy atom. The molecule has 1 heterocycles. The van der Waals surface area contributed by atoms with Crippen molar-refractivity contribution in [2.24, 2.45) is 5.73 Å². The molecule has 12 heavy (non-hydrogen) atoms. The molecule has 1 aromatic heterocycles. The highest BCUT2D eigenvalue weighted by Gasteiger charge is 2.07. The van der Waals surface area contributed by atoms with E-state index in [1.165, 1.54) is 0 Å². The smallest absolute Gasteiger partial charge is 0.110 e. The van der Waals surface area contributed by atoms with Gasteiger partial charge in [0.25, 0.3) is 0 Å². The van der Waals surface area contributed by atoms with E-state index in [1.54, 1.807) is 18.4 Å². The summed E-state index contributed by atoms with van der Waals surface area (Å²) >= 11 is 1.61. The molecule has 0 amide bonds. The molecule has 1 atom stereocenters. The van der Waals surface area contributed by atoms with E-state index >= 15 is 0 Å². The number of ether oxygens (including phenoxy) is 1. The lowest BCUT2D eigenvalue weighted by Crippen LogP contribution is -2.08. The standard InChI is InChI=1S/C8H14N2OS/c1-3-7(9)8-10-6(4-11-2)5-12-8/h5,7H,3-4,9H2,1-2H3. The first-order chi connectivity index (χ1) is 5.77. The van der Waals surface area contributed by atoms with Gasteiger partial charge in [0.15, 0.2) is 0 Å². The maximum absolute atomic E-state index is 5.81. The largest absolute Gasteiger partial charge is 0.378 e. The highest BCUT2D eigenvalue weighted by Crippen LogP contribution is 2.18. The van der Waals surface area contributed by atoms with Crippen LogP contribution in [0.1, 0.15) is 30.1 Å². The molecule has 0 aliphatic heterocycles. The van der Waals surface area contributed by atoms with E-state index in [2.05, 4.69) is 11.9 Å². The quantitative estimate of drug-likeness (QED) is 0.778. The summed E-state index contributed by atoms with van der Waals surface area (Å²) in [7, 11) is 1.67. The minimum absolute atomic E-state index is 0.0839. The summed E-state index contributed by atoms with van der Waals surface area (Å²) in [6, 6.07) is 0.0839. The maximum Gasteiger partial charge on any atom is 0.110 e. The van der Waals surface area contributed by atoms with Crippen molar-refractivity contribution in [3.05, 3.63) is 16.1 Å². The second-order valence-corrected chi connectivity index (χ2v) is 3.51. The van der Waals surface area contributed by atoms with Crippen LogP contribution in [0.5, 0.6) is 0 Å². The molecule has 0 fully saturated rings. The number of methoxy groups -OCH3 is 1. The summed E-state index contributed by atoms with van der Waals surface area (Å²) in [6.45, 7) is 2.63. The molecular weight excluding hydrogens is 172 g/mol. The van der Waals surface area contributed by atoms with Crippen LogP contribution in [0.15, 0.2) is 5.38 Å². The molecule has 4 heteroatoms. The van der Waals surface area contributed by atoms with E-state index < -0.39 is 0 Å². The third-order valence-corrected chi connectivity index (χ3v) is 2.64. The molecule has 1 aromatic rings. The van der Waals surface area contributed by atoms with Gasteiger partial charge in [-0.05, 0) is 6.42 Å². The number of aromatic nitrogens is 1. The first-order valence-electron chi connectivity index (χ1n) is 3.96. The van der Waals surface area contributed by atoms with Gasteiger partial charge in [-0.3, -0.25) is 0 Å². The monoisotopic (exact) mass is 186 g/mol. The minimum Gasteiger partial charge on any atom is -0.378 e. The Balaban J connectivity index is 2.63. The van der Waals surface area contributed by atoms with E-state index in [-0.39, 0.29) is 6.04 Å². The SMILES string of the molecule is CCC(N)c1nc(COC)cs1. The lowest BCUT2D eigenvalue weighted by Gasteiger charge is -2.02. The van der Waals surface area contributed by atoms with Crippen molar-refractivity contribution in [2.75, 3.05) is 7.11 Å². The molecule has 0 aromatic carbocycles. The Morgan fingerprint density at radius 3 is 3.08 bits per heavy atom. The number of thiazole rings is 1. The molecular formula is C8H14N2OS. The van der Waals surface area contributed by atoms with Crippen LogP contribution < -0.4 is 5.73 Å². The molecule has 2 N–H and O–H groups in total. The van der Waals surface area contributed by atoms with Gasteiger partial charge in [-0.25, -0.2) is 4.98 Å².